The van der Waals surface area contributed by atoms with Crippen molar-refractivity contribution < 1.29 is 14.4 Å². The average Bonchev–Trinajstić information content (AvgIpc) is 3.25. The molecule has 1 atom stereocenters. The Hall–Kier alpha value is -2.15. The first kappa shape index (κ1) is 20.1. The van der Waals surface area contributed by atoms with Crippen LogP contribution < -0.4 is 14.4 Å². The van der Waals surface area contributed by atoms with Crippen molar-refractivity contribution in [2.75, 3.05) is 27.3 Å². The normalized spacial score (nSPS) is 24.2. The van der Waals surface area contributed by atoms with E-state index >= 15 is 0 Å². The minimum absolute atomic E-state index is 0.0458. The van der Waals surface area contributed by atoms with E-state index in [1.54, 1.807) is 14.2 Å². The molecular formula is C22H34N5O2+. The maximum atomic E-state index is 5.77. The monoisotopic (exact) mass is 400 g/mol. The third-order valence-electron chi connectivity index (χ3n) is 6.77. The Kier molecular flexibility index (Phi) is 6.33. The van der Waals surface area contributed by atoms with Crippen LogP contribution in [0.3, 0.4) is 0 Å². The van der Waals surface area contributed by atoms with E-state index in [4.69, 9.17) is 9.47 Å². The molecule has 0 unspecified atom stereocenters. The fourth-order valence-electron chi connectivity index (χ4n) is 5.00. The molecule has 0 amide bonds. The number of quaternary nitrogens is 1. The summed E-state index contributed by atoms with van der Waals surface area (Å²) in [5, 5.41) is 13.2. The van der Waals surface area contributed by atoms with Crippen LogP contribution in [0.25, 0.3) is 0 Å². The number of methoxy groups -OCH3 is 2. The molecular weight excluding hydrogens is 366 g/mol. The Labute approximate surface area is 173 Å². The second kappa shape index (κ2) is 9.11. The summed E-state index contributed by atoms with van der Waals surface area (Å²) >= 11 is 0. The van der Waals surface area contributed by atoms with Gasteiger partial charge in [-0.25, -0.2) is 4.68 Å². The highest BCUT2D eigenvalue weighted by atomic mass is 16.5. The zero-order valence-corrected chi connectivity index (χ0v) is 17.9. The van der Waals surface area contributed by atoms with Crippen molar-refractivity contribution in [2.45, 2.75) is 64.0 Å². The largest absolute Gasteiger partial charge is 0.497 e. The van der Waals surface area contributed by atoms with Crippen molar-refractivity contribution >= 4 is 0 Å². The summed E-state index contributed by atoms with van der Waals surface area (Å²) < 4.78 is 13.4. The summed E-state index contributed by atoms with van der Waals surface area (Å²) in [6, 6.07) is 6.51. The standard InChI is InChI=1S/C22H33N5O2/c1-16-11-13-26(14-12-16)21(19-15-18(28-2)9-10-20(19)29-3)22-23-24-25-27(22)17-7-5-4-6-8-17/h9-10,15-17,21H,4-8,11-14H2,1-3H3/p+1/t21-/m1/s1. The number of hydrogen-bond acceptors (Lipinski definition) is 5. The van der Waals surface area contributed by atoms with Crippen LogP contribution in [-0.4, -0.2) is 47.5 Å². The Morgan fingerprint density at radius 1 is 1.03 bits per heavy atom. The fourth-order valence-corrected chi connectivity index (χ4v) is 5.00. The van der Waals surface area contributed by atoms with Gasteiger partial charge < -0.3 is 14.4 Å². The number of benzene rings is 1. The number of likely N-dealkylation sites (tertiary alicyclic amines) is 1. The number of rotatable bonds is 6. The molecule has 2 aromatic rings. The van der Waals surface area contributed by atoms with Gasteiger partial charge in [0.15, 0.2) is 6.04 Å². The summed E-state index contributed by atoms with van der Waals surface area (Å²) in [4.78, 5) is 1.52. The average molecular weight is 401 g/mol. The molecule has 1 saturated heterocycles. The second-order valence-electron chi connectivity index (χ2n) is 8.66. The van der Waals surface area contributed by atoms with Crippen LogP contribution in [0.5, 0.6) is 11.5 Å². The van der Waals surface area contributed by atoms with Gasteiger partial charge in [-0.15, -0.1) is 5.10 Å². The SMILES string of the molecule is COc1ccc(OC)c([C@H](c2nnnn2C2CCCCC2)[NH+]2CCC(C)CC2)c1. The Balaban J connectivity index is 1.77. The predicted octanol–water partition coefficient (Wildman–Crippen LogP) is 2.60. The molecule has 1 aliphatic heterocycles. The molecule has 1 aromatic heterocycles. The molecule has 7 nitrogen and oxygen atoms in total. The molecule has 7 heteroatoms. The first-order chi connectivity index (χ1) is 14.2. The highest BCUT2D eigenvalue weighted by molar-refractivity contribution is 5.43. The molecule has 4 rings (SSSR count). The molecule has 0 bridgehead atoms. The van der Waals surface area contributed by atoms with Crippen LogP contribution in [0.2, 0.25) is 0 Å². The first-order valence-corrected chi connectivity index (χ1v) is 11.1. The first-order valence-electron chi connectivity index (χ1n) is 11.1. The third kappa shape index (κ3) is 4.25. The molecule has 1 aliphatic carbocycles. The summed E-state index contributed by atoms with van der Waals surface area (Å²) in [5.74, 6) is 3.46. The number of ether oxygens (including phenoxy) is 2. The van der Waals surface area contributed by atoms with E-state index in [2.05, 4.69) is 33.2 Å². The van der Waals surface area contributed by atoms with Crippen LogP contribution in [-0.2, 0) is 0 Å². The molecule has 2 aliphatic rings. The van der Waals surface area contributed by atoms with Crippen LogP contribution in [0.4, 0.5) is 0 Å². The van der Waals surface area contributed by atoms with Crippen molar-refractivity contribution in [1.29, 1.82) is 0 Å². The smallest absolute Gasteiger partial charge is 0.214 e. The van der Waals surface area contributed by atoms with Gasteiger partial charge in [0.2, 0.25) is 5.82 Å². The minimum atomic E-state index is 0.0458. The Bertz CT molecular complexity index is 794. The second-order valence-corrected chi connectivity index (χ2v) is 8.66. The maximum absolute atomic E-state index is 5.77. The highest BCUT2D eigenvalue weighted by Gasteiger charge is 2.37. The van der Waals surface area contributed by atoms with Gasteiger partial charge in [0.25, 0.3) is 0 Å². The molecule has 29 heavy (non-hydrogen) atoms. The van der Waals surface area contributed by atoms with Crippen LogP contribution in [0.1, 0.15) is 75.3 Å². The zero-order valence-electron chi connectivity index (χ0n) is 17.9. The van der Waals surface area contributed by atoms with E-state index in [0.717, 1.165) is 54.7 Å². The molecule has 0 radical (unpaired) electrons. The van der Waals surface area contributed by atoms with Gasteiger partial charge >= 0.3 is 0 Å². The number of tetrazole rings is 1. The molecule has 2 heterocycles. The lowest BCUT2D eigenvalue weighted by molar-refractivity contribution is -0.932. The van der Waals surface area contributed by atoms with Crippen LogP contribution in [0.15, 0.2) is 18.2 Å². The molecule has 1 saturated carbocycles. The zero-order chi connectivity index (χ0) is 20.2. The van der Waals surface area contributed by atoms with Crippen LogP contribution in [0, 0.1) is 5.92 Å². The van der Waals surface area contributed by atoms with E-state index in [9.17, 15) is 0 Å². The van der Waals surface area contributed by atoms with E-state index in [1.165, 1.54) is 37.0 Å². The number of nitrogens with one attached hydrogen (secondary N) is 1. The van der Waals surface area contributed by atoms with Crippen molar-refractivity contribution in [2.24, 2.45) is 5.92 Å². The van der Waals surface area contributed by atoms with Gasteiger partial charge in [0.05, 0.1) is 38.9 Å². The van der Waals surface area contributed by atoms with Crippen LogP contribution >= 0.6 is 0 Å². The molecule has 1 aromatic carbocycles. The lowest BCUT2D eigenvalue weighted by Gasteiger charge is -2.34. The summed E-state index contributed by atoms with van der Waals surface area (Å²) in [6.07, 6.45) is 8.59. The molecule has 2 fully saturated rings. The topological polar surface area (TPSA) is 66.5 Å². The van der Waals surface area contributed by atoms with E-state index in [0.29, 0.717) is 6.04 Å². The highest BCUT2D eigenvalue weighted by Crippen LogP contribution is 2.34. The molecule has 1 N–H and O–H groups in total. The van der Waals surface area contributed by atoms with E-state index in [-0.39, 0.29) is 6.04 Å². The van der Waals surface area contributed by atoms with E-state index in [1.807, 2.05) is 12.1 Å². The maximum Gasteiger partial charge on any atom is 0.214 e. The predicted molar refractivity (Wildman–Crippen MR) is 110 cm³/mol. The van der Waals surface area contributed by atoms with Gasteiger partial charge in [-0.3, -0.25) is 0 Å². The molecule has 0 spiro atoms. The lowest BCUT2D eigenvalue weighted by atomic mass is 9.93. The summed E-state index contributed by atoms with van der Waals surface area (Å²) in [5.41, 5.74) is 1.11. The van der Waals surface area contributed by atoms with Crippen molar-refractivity contribution in [1.82, 2.24) is 20.2 Å². The third-order valence-corrected chi connectivity index (χ3v) is 6.77. The quantitative estimate of drug-likeness (QED) is 0.807. The number of nitrogens with zero attached hydrogens (tertiary/aromatic N) is 4. The van der Waals surface area contributed by atoms with Gasteiger partial charge in [0.1, 0.15) is 11.5 Å². The van der Waals surface area contributed by atoms with Crippen molar-refractivity contribution in [3.8, 4) is 11.5 Å². The summed E-state index contributed by atoms with van der Waals surface area (Å²) in [6.45, 7) is 4.58. The van der Waals surface area contributed by atoms with Gasteiger partial charge in [-0.1, -0.05) is 26.2 Å². The minimum Gasteiger partial charge on any atom is -0.497 e. The fraction of sp³-hybridized carbons (Fsp3) is 0.682. The lowest BCUT2D eigenvalue weighted by Crippen LogP contribution is -3.13. The van der Waals surface area contributed by atoms with Gasteiger partial charge in [-0.2, -0.15) is 0 Å². The van der Waals surface area contributed by atoms with Crippen molar-refractivity contribution in [3.05, 3.63) is 29.6 Å². The summed E-state index contributed by atoms with van der Waals surface area (Å²) in [7, 11) is 3.45. The number of hydrogen-bond donors (Lipinski definition) is 1. The number of piperidine rings is 1. The van der Waals surface area contributed by atoms with Crippen molar-refractivity contribution in [3.63, 3.8) is 0 Å². The van der Waals surface area contributed by atoms with Gasteiger partial charge in [-0.05, 0) is 60.2 Å². The Morgan fingerprint density at radius 3 is 2.48 bits per heavy atom. The van der Waals surface area contributed by atoms with E-state index < -0.39 is 0 Å². The van der Waals surface area contributed by atoms with Gasteiger partial charge in [0, 0.05) is 0 Å². The Morgan fingerprint density at radius 2 is 1.79 bits per heavy atom. The molecule has 158 valence electrons. The number of aromatic nitrogens is 4.